The maximum atomic E-state index is 6.00. The zero-order chi connectivity index (χ0) is 13.9. The maximum Gasteiger partial charge on any atom is 0.0426 e. The molecule has 2 aliphatic rings. The van der Waals surface area contributed by atoms with Crippen LogP contribution in [0.15, 0.2) is 24.3 Å². The summed E-state index contributed by atoms with van der Waals surface area (Å²) in [6.45, 7) is 4.57. The summed E-state index contributed by atoms with van der Waals surface area (Å²) in [4.78, 5) is 5.21. The second kappa shape index (κ2) is 6.33. The third-order valence-electron chi connectivity index (χ3n) is 4.81. The standard InChI is InChI=1S/C16H24ClN3/c1-19-15-5-6-16(19)12-20(9-7-15)10-8-18-14-4-2-3-13(17)11-14/h2-4,11,15-16,18H,5-10,12H2,1H3. The number of nitrogens with zero attached hydrogens (tertiary/aromatic N) is 2. The number of anilines is 1. The molecule has 4 heteroatoms. The predicted octanol–water partition coefficient (Wildman–Crippen LogP) is 2.92. The van der Waals surface area contributed by atoms with E-state index in [0.717, 1.165) is 35.9 Å². The molecule has 3 nitrogen and oxygen atoms in total. The number of fused-ring (bicyclic) bond motifs is 2. The molecule has 2 unspecified atom stereocenters. The van der Waals surface area contributed by atoms with E-state index in [0.29, 0.717) is 0 Å². The lowest BCUT2D eigenvalue weighted by molar-refractivity contribution is 0.223. The van der Waals surface area contributed by atoms with Crippen LogP contribution in [0.5, 0.6) is 0 Å². The molecule has 2 fully saturated rings. The van der Waals surface area contributed by atoms with Gasteiger partial charge in [0.25, 0.3) is 0 Å². The second-order valence-corrected chi connectivity index (χ2v) is 6.51. The van der Waals surface area contributed by atoms with Gasteiger partial charge in [-0.05, 0) is 51.1 Å². The van der Waals surface area contributed by atoms with Crippen molar-refractivity contribution < 1.29 is 0 Å². The lowest BCUT2D eigenvalue weighted by Gasteiger charge is -2.25. The first-order valence-electron chi connectivity index (χ1n) is 7.66. The molecule has 0 aromatic heterocycles. The Morgan fingerprint density at radius 1 is 1.25 bits per heavy atom. The van der Waals surface area contributed by atoms with E-state index in [-0.39, 0.29) is 0 Å². The smallest absolute Gasteiger partial charge is 0.0426 e. The Morgan fingerprint density at radius 2 is 2.10 bits per heavy atom. The fourth-order valence-electron chi connectivity index (χ4n) is 3.54. The van der Waals surface area contributed by atoms with Gasteiger partial charge in [-0.25, -0.2) is 0 Å². The topological polar surface area (TPSA) is 18.5 Å². The monoisotopic (exact) mass is 293 g/mol. The average Bonchev–Trinajstić information content (AvgIpc) is 2.66. The van der Waals surface area contributed by atoms with E-state index < -0.39 is 0 Å². The van der Waals surface area contributed by atoms with Crippen LogP contribution in [-0.2, 0) is 0 Å². The quantitative estimate of drug-likeness (QED) is 0.921. The van der Waals surface area contributed by atoms with Crippen molar-refractivity contribution in [3.8, 4) is 0 Å². The number of hydrogen-bond acceptors (Lipinski definition) is 3. The first-order chi connectivity index (χ1) is 9.72. The highest BCUT2D eigenvalue weighted by Gasteiger charge is 2.34. The van der Waals surface area contributed by atoms with Gasteiger partial charge < -0.3 is 5.32 Å². The predicted molar refractivity (Wildman–Crippen MR) is 85.6 cm³/mol. The van der Waals surface area contributed by atoms with Gasteiger partial charge in [-0.3, -0.25) is 9.80 Å². The molecule has 0 spiro atoms. The Bertz CT molecular complexity index is 451. The molecule has 2 bridgehead atoms. The molecule has 2 atom stereocenters. The van der Waals surface area contributed by atoms with E-state index in [4.69, 9.17) is 11.6 Å². The highest BCUT2D eigenvalue weighted by molar-refractivity contribution is 6.30. The van der Waals surface area contributed by atoms with Crippen LogP contribution < -0.4 is 5.32 Å². The molecule has 20 heavy (non-hydrogen) atoms. The molecule has 0 radical (unpaired) electrons. The summed E-state index contributed by atoms with van der Waals surface area (Å²) in [5, 5.41) is 4.26. The second-order valence-electron chi connectivity index (χ2n) is 6.08. The molecular formula is C16H24ClN3. The number of halogens is 1. The normalized spacial score (nSPS) is 27.5. The first kappa shape index (κ1) is 14.2. The van der Waals surface area contributed by atoms with E-state index in [1.54, 1.807) is 0 Å². The zero-order valence-corrected chi connectivity index (χ0v) is 12.9. The van der Waals surface area contributed by atoms with Gasteiger partial charge in [-0.1, -0.05) is 17.7 Å². The Balaban J connectivity index is 1.47. The minimum Gasteiger partial charge on any atom is -0.384 e. The summed E-state index contributed by atoms with van der Waals surface area (Å²) in [6, 6.07) is 9.56. The van der Waals surface area contributed by atoms with E-state index in [1.165, 1.54) is 32.4 Å². The highest BCUT2D eigenvalue weighted by atomic mass is 35.5. The lowest BCUT2D eigenvalue weighted by atomic mass is 10.1. The van der Waals surface area contributed by atoms with Crippen LogP contribution in [0.2, 0.25) is 5.02 Å². The average molecular weight is 294 g/mol. The Morgan fingerprint density at radius 3 is 2.95 bits per heavy atom. The van der Waals surface area contributed by atoms with Crippen LogP contribution in [0.3, 0.4) is 0 Å². The number of likely N-dealkylation sites (N-methyl/N-ethyl adjacent to an activating group) is 1. The Kier molecular flexibility index (Phi) is 4.49. The third kappa shape index (κ3) is 3.27. The van der Waals surface area contributed by atoms with Crippen LogP contribution in [0.4, 0.5) is 5.69 Å². The number of nitrogens with one attached hydrogen (secondary N) is 1. The summed E-state index contributed by atoms with van der Waals surface area (Å²) >= 11 is 6.00. The zero-order valence-electron chi connectivity index (χ0n) is 12.2. The molecule has 110 valence electrons. The molecule has 2 heterocycles. The van der Waals surface area contributed by atoms with Crippen molar-refractivity contribution in [2.75, 3.05) is 38.5 Å². The minimum absolute atomic E-state index is 0.772. The molecule has 1 aromatic rings. The van der Waals surface area contributed by atoms with Crippen molar-refractivity contribution in [1.29, 1.82) is 0 Å². The van der Waals surface area contributed by atoms with Crippen molar-refractivity contribution in [2.24, 2.45) is 0 Å². The van der Waals surface area contributed by atoms with Crippen molar-refractivity contribution in [2.45, 2.75) is 31.3 Å². The summed E-state index contributed by atoms with van der Waals surface area (Å²) in [7, 11) is 2.30. The highest BCUT2D eigenvalue weighted by Crippen LogP contribution is 2.28. The maximum absolute atomic E-state index is 6.00. The fourth-order valence-corrected chi connectivity index (χ4v) is 3.73. The van der Waals surface area contributed by atoms with Gasteiger partial charge >= 0.3 is 0 Å². The number of likely N-dealkylation sites (tertiary alicyclic amines) is 1. The van der Waals surface area contributed by atoms with Crippen LogP contribution >= 0.6 is 11.6 Å². The van der Waals surface area contributed by atoms with E-state index in [1.807, 2.05) is 18.2 Å². The van der Waals surface area contributed by atoms with Crippen LogP contribution in [-0.4, -0.2) is 55.1 Å². The number of hydrogen-bond donors (Lipinski definition) is 1. The van der Waals surface area contributed by atoms with E-state index in [9.17, 15) is 0 Å². The van der Waals surface area contributed by atoms with Crippen LogP contribution in [0.1, 0.15) is 19.3 Å². The largest absolute Gasteiger partial charge is 0.384 e. The van der Waals surface area contributed by atoms with Crippen LogP contribution in [0.25, 0.3) is 0 Å². The van der Waals surface area contributed by atoms with E-state index in [2.05, 4.69) is 28.2 Å². The van der Waals surface area contributed by atoms with Crippen molar-refractivity contribution in [1.82, 2.24) is 9.80 Å². The molecule has 1 N–H and O–H groups in total. The number of benzene rings is 1. The minimum atomic E-state index is 0.772. The van der Waals surface area contributed by atoms with E-state index >= 15 is 0 Å². The fraction of sp³-hybridized carbons (Fsp3) is 0.625. The molecule has 2 saturated heterocycles. The van der Waals surface area contributed by atoms with Gasteiger partial charge in [0.15, 0.2) is 0 Å². The van der Waals surface area contributed by atoms with Gasteiger partial charge in [0.2, 0.25) is 0 Å². The Hall–Kier alpha value is -0.770. The number of rotatable bonds is 4. The molecule has 3 rings (SSSR count). The SMILES string of the molecule is CN1C2CCC1CN(CCNc1cccc(Cl)c1)CC2. The molecule has 0 amide bonds. The van der Waals surface area contributed by atoms with Gasteiger partial charge in [-0.15, -0.1) is 0 Å². The summed E-state index contributed by atoms with van der Waals surface area (Å²) in [6.07, 6.45) is 4.10. The van der Waals surface area contributed by atoms with Gasteiger partial charge in [0.05, 0.1) is 0 Å². The van der Waals surface area contributed by atoms with Crippen molar-refractivity contribution >= 4 is 17.3 Å². The van der Waals surface area contributed by atoms with Crippen LogP contribution in [0, 0.1) is 0 Å². The molecular weight excluding hydrogens is 270 g/mol. The van der Waals surface area contributed by atoms with Gasteiger partial charge in [0.1, 0.15) is 0 Å². The molecule has 1 aromatic carbocycles. The third-order valence-corrected chi connectivity index (χ3v) is 5.05. The lowest BCUT2D eigenvalue weighted by Crippen LogP contribution is -2.38. The summed E-state index contributed by atoms with van der Waals surface area (Å²) < 4.78 is 0. The molecule has 0 saturated carbocycles. The van der Waals surface area contributed by atoms with Crippen molar-refractivity contribution in [3.63, 3.8) is 0 Å². The molecule has 0 aliphatic carbocycles. The van der Waals surface area contributed by atoms with Gasteiger partial charge in [0, 0.05) is 42.4 Å². The van der Waals surface area contributed by atoms with Crippen molar-refractivity contribution in [3.05, 3.63) is 29.3 Å². The first-order valence-corrected chi connectivity index (χ1v) is 8.04. The summed E-state index contributed by atoms with van der Waals surface area (Å²) in [5.41, 5.74) is 1.12. The summed E-state index contributed by atoms with van der Waals surface area (Å²) in [5.74, 6) is 0. The van der Waals surface area contributed by atoms with Gasteiger partial charge in [-0.2, -0.15) is 0 Å². The Labute approximate surface area is 126 Å². The molecule has 2 aliphatic heterocycles.